The Morgan fingerprint density at radius 2 is 1.96 bits per heavy atom. The number of aromatic nitrogens is 2. The number of hydrogen-bond donors (Lipinski definition) is 3. The number of carbonyl (C=O) groups excluding carboxylic acids is 1. The second kappa shape index (κ2) is 9.39. The van der Waals surface area contributed by atoms with Crippen molar-refractivity contribution in [1.29, 1.82) is 0 Å². The highest BCUT2D eigenvalue weighted by Gasteiger charge is 2.08. The molecule has 0 unspecified atom stereocenters. The minimum atomic E-state index is -0.364. The van der Waals surface area contributed by atoms with Gasteiger partial charge < -0.3 is 14.7 Å². The van der Waals surface area contributed by atoms with E-state index in [0.29, 0.717) is 12.2 Å². The molecule has 0 aliphatic carbocycles. The number of nitrogens with one attached hydrogen (secondary N) is 3. The van der Waals surface area contributed by atoms with E-state index in [1.165, 1.54) is 6.07 Å². The third-order valence-corrected chi connectivity index (χ3v) is 3.47. The van der Waals surface area contributed by atoms with Crippen molar-refractivity contribution in [2.75, 3.05) is 59.7 Å². The van der Waals surface area contributed by atoms with E-state index in [9.17, 15) is 9.59 Å². The van der Waals surface area contributed by atoms with Gasteiger partial charge in [-0.2, -0.15) is 0 Å². The lowest BCUT2D eigenvalue weighted by Gasteiger charge is -2.25. The number of anilines is 1. The zero-order chi connectivity index (χ0) is 18.2. The van der Waals surface area contributed by atoms with E-state index in [4.69, 9.17) is 0 Å². The minimum absolute atomic E-state index is 0.162. The molecule has 0 spiro atoms. The fourth-order valence-electron chi connectivity index (χ4n) is 2.27. The van der Waals surface area contributed by atoms with Crippen molar-refractivity contribution < 1.29 is 9.28 Å². The summed E-state index contributed by atoms with van der Waals surface area (Å²) in [6.45, 7) is 5.40. The number of H-pyrrole nitrogens is 1. The van der Waals surface area contributed by atoms with Crippen LogP contribution in [0.3, 0.4) is 0 Å². The monoisotopic (exact) mass is 339 g/mol. The zero-order valence-corrected chi connectivity index (χ0v) is 15.5. The second-order valence-electron chi connectivity index (χ2n) is 7.14. The zero-order valence-electron chi connectivity index (χ0n) is 15.5. The molecule has 8 nitrogen and oxygen atoms in total. The van der Waals surface area contributed by atoms with E-state index in [-0.39, 0.29) is 17.5 Å². The van der Waals surface area contributed by atoms with Gasteiger partial charge in [-0.1, -0.05) is 0 Å². The van der Waals surface area contributed by atoms with Crippen LogP contribution in [0.25, 0.3) is 0 Å². The fraction of sp³-hybridized carbons (Fsp3) is 0.688. The van der Waals surface area contributed by atoms with Crippen molar-refractivity contribution in [1.82, 2.24) is 20.2 Å². The predicted molar refractivity (Wildman–Crippen MR) is 96.2 cm³/mol. The molecule has 136 valence electrons. The van der Waals surface area contributed by atoms with Crippen LogP contribution < -0.4 is 16.2 Å². The molecule has 2 amide bonds. The largest absolute Gasteiger partial charge is 0.338 e. The summed E-state index contributed by atoms with van der Waals surface area (Å²) in [5.41, 5.74) is 0.276. The summed E-state index contributed by atoms with van der Waals surface area (Å²) >= 11 is 0. The molecule has 0 aliphatic heterocycles. The number of amides is 2. The van der Waals surface area contributed by atoms with Crippen LogP contribution in [0.2, 0.25) is 0 Å². The standard InChI is InChI=1S/C16H30N6O2/c1-13-12-14(23)19-15(18-13)20-16(24)17-8-6-9-21(2)10-7-11-22(3,4)5/h12H,6-11H2,1-5H3,(H2-,17,18,19,20,23,24)/p+1. The molecule has 3 N–H and O–H groups in total. The summed E-state index contributed by atoms with van der Waals surface area (Å²) in [7, 11) is 8.67. The van der Waals surface area contributed by atoms with Crippen molar-refractivity contribution in [2.45, 2.75) is 19.8 Å². The Balaban J connectivity index is 2.18. The van der Waals surface area contributed by atoms with Gasteiger partial charge in [-0.15, -0.1) is 0 Å². The first-order valence-electron chi connectivity index (χ1n) is 8.27. The second-order valence-corrected chi connectivity index (χ2v) is 7.14. The summed E-state index contributed by atoms with van der Waals surface area (Å²) in [4.78, 5) is 31.9. The molecule has 0 radical (unpaired) electrons. The average molecular weight is 339 g/mol. The van der Waals surface area contributed by atoms with Crippen LogP contribution >= 0.6 is 0 Å². The van der Waals surface area contributed by atoms with Gasteiger partial charge >= 0.3 is 6.03 Å². The van der Waals surface area contributed by atoms with E-state index in [2.05, 4.69) is 53.7 Å². The highest BCUT2D eigenvalue weighted by atomic mass is 16.2. The van der Waals surface area contributed by atoms with E-state index in [1.807, 2.05) is 0 Å². The Bertz CT molecular complexity index is 579. The lowest BCUT2D eigenvalue weighted by molar-refractivity contribution is -0.870. The van der Waals surface area contributed by atoms with E-state index in [1.54, 1.807) is 6.92 Å². The van der Waals surface area contributed by atoms with E-state index >= 15 is 0 Å². The van der Waals surface area contributed by atoms with Gasteiger partial charge in [0.2, 0.25) is 5.95 Å². The number of aryl methyl sites for hydroxylation is 1. The molecule has 0 saturated heterocycles. The summed E-state index contributed by atoms with van der Waals surface area (Å²) < 4.78 is 0.977. The van der Waals surface area contributed by atoms with Gasteiger partial charge in [0.25, 0.3) is 5.56 Å². The molecule has 0 saturated carbocycles. The lowest BCUT2D eigenvalue weighted by Crippen LogP contribution is -2.37. The SMILES string of the molecule is Cc1cc(=O)[nH]c(NC(=O)NCCCN(C)CCC[N+](C)(C)C)n1. The maximum absolute atomic E-state index is 11.8. The molecule has 8 heteroatoms. The Kier molecular flexibility index (Phi) is 7.87. The first-order chi connectivity index (χ1) is 11.2. The first kappa shape index (κ1) is 20.1. The quantitative estimate of drug-likeness (QED) is 0.454. The molecule has 1 rings (SSSR count). The summed E-state index contributed by atoms with van der Waals surface area (Å²) in [6, 6.07) is 1.01. The summed E-state index contributed by atoms with van der Waals surface area (Å²) in [5, 5.41) is 5.29. The number of rotatable bonds is 9. The molecule has 0 fully saturated rings. The van der Waals surface area contributed by atoms with Crippen LogP contribution in [-0.4, -0.2) is 79.8 Å². The minimum Gasteiger partial charge on any atom is -0.338 e. The third-order valence-electron chi connectivity index (χ3n) is 3.47. The van der Waals surface area contributed by atoms with Crippen molar-refractivity contribution in [2.24, 2.45) is 0 Å². The Hall–Kier alpha value is -1.93. The van der Waals surface area contributed by atoms with Crippen molar-refractivity contribution in [3.05, 3.63) is 22.1 Å². The molecule has 24 heavy (non-hydrogen) atoms. The number of hydrogen-bond acceptors (Lipinski definition) is 4. The maximum atomic E-state index is 11.8. The van der Waals surface area contributed by atoms with E-state index < -0.39 is 0 Å². The highest BCUT2D eigenvalue weighted by molar-refractivity contribution is 5.87. The topological polar surface area (TPSA) is 90.1 Å². The van der Waals surface area contributed by atoms with Crippen LogP contribution in [0, 0.1) is 6.92 Å². The molecule has 0 aliphatic rings. The summed E-state index contributed by atoms with van der Waals surface area (Å²) in [6.07, 6.45) is 2.02. The smallest absolute Gasteiger partial charge is 0.321 e. The van der Waals surface area contributed by atoms with E-state index in [0.717, 1.165) is 37.0 Å². The number of nitrogens with zero attached hydrogens (tertiary/aromatic N) is 3. The predicted octanol–water partition coefficient (Wildman–Crippen LogP) is 0.618. The van der Waals surface area contributed by atoms with Gasteiger partial charge in [-0.25, -0.2) is 9.78 Å². The van der Waals surface area contributed by atoms with Gasteiger partial charge in [0.15, 0.2) is 0 Å². The molecule has 1 aromatic rings. The van der Waals surface area contributed by atoms with Gasteiger partial charge in [-0.3, -0.25) is 15.1 Å². The van der Waals surface area contributed by atoms with Crippen LogP contribution in [0.1, 0.15) is 18.5 Å². The molecule has 1 aromatic heterocycles. The molecular weight excluding hydrogens is 308 g/mol. The fourth-order valence-corrected chi connectivity index (χ4v) is 2.27. The average Bonchev–Trinajstić information content (AvgIpc) is 2.41. The van der Waals surface area contributed by atoms with Crippen molar-refractivity contribution >= 4 is 12.0 Å². The Labute approximate surface area is 143 Å². The Morgan fingerprint density at radius 1 is 1.29 bits per heavy atom. The van der Waals surface area contributed by atoms with Crippen LogP contribution in [0.4, 0.5) is 10.7 Å². The number of urea groups is 1. The van der Waals surface area contributed by atoms with Crippen molar-refractivity contribution in [3.63, 3.8) is 0 Å². The molecule has 0 aromatic carbocycles. The van der Waals surface area contributed by atoms with Crippen LogP contribution in [0.5, 0.6) is 0 Å². The number of quaternary nitrogens is 1. The van der Waals surface area contributed by atoms with Gasteiger partial charge in [0, 0.05) is 31.3 Å². The normalized spacial score (nSPS) is 11.6. The summed E-state index contributed by atoms with van der Waals surface area (Å²) in [5.74, 6) is 0.162. The molecule has 1 heterocycles. The third kappa shape index (κ3) is 9.26. The maximum Gasteiger partial charge on any atom is 0.321 e. The number of aromatic amines is 1. The lowest BCUT2D eigenvalue weighted by atomic mass is 10.3. The van der Waals surface area contributed by atoms with Crippen LogP contribution in [-0.2, 0) is 0 Å². The van der Waals surface area contributed by atoms with Gasteiger partial charge in [0.05, 0.1) is 27.7 Å². The first-order valence-corrected chi connectivity index (χ1v) is 8.27. The van der Waals surface area contributed by atoms with Crippen LogP contribution in [0.15, 0.2) is 10.9 Å². The number of carbonyl (C=O) groups is 1. The Morgan fingerprint density at radius 3 is 2.58 bits per heavy atom. The molecule has 0 bridgehead atoms. The van der Waals surface area contributed by atoms with Crippen molar-refractivity contribution in [3.8, 4) is 0 Å². The molecular formula is C16H31N6O2+. The van der Waals surface area contributed by atoms with Gasteiger partial charge in [-0.05, 0) is 26.9 Å². The van der Waals surface area contributed by atoms with Gasteiger partial charge in [0.1, 0.15) is 0 Å². The molecule has 0 atom stereocenters. The highest BCUT2D eigenvalue weighted by Crippen LogP contribution is 1.97.